The number of piperazine rings is 1. The highest BCUT2D eigenvalue weighted by molar-refractivity contribution is 7.13. The minimum atomic E-state index is 0.130. The van der Waals surface area contributed by atoms with Gasteiger partial charge >= 0.3 is 0 Å². The lowest BCUT2D eigenvalue weighted by atomic mass is 10.1. The molecule has 0 spiro atoms. The molecule has 4 aromatic rings. The maximum atomic E-state index is 13.0. The van der Waals surface area contributed by atoms with Crippen LogP contribution in [0.25, 0.3) is 10.6 Å². The minimum Gasteiger partial charge on any atom is -0.490 e. The number of likely N-dealkylation sites (tertiary alicyclic amines) is 1. The summed E-state index contributed by atoms with van der Waals surface area (Å²) in [6.45, 7) is 6.37. The number of benzene rings is 2. The third kappa shape index (κ3) is 6.69. The number of thiazole rings is 1. The highest BCUT2D eigenvalue weighted by Crippen LogP contribution is 2.25. The van der Waals surface area contributed by atoms with Crippen molar-refractivity contribution in [2.45, 2.75) is 31.9 Å². The zero-order valence-electron chi connectivity index (χ0n) is 22.7. The Balaban J connectivity index is 0.952. The lowest BCUT2D eigenvalue weighted by molar-refractivity contribution is -0.132. The first kappa shape index (κ1) is 26.5. The largest absolute Gasteiger partial charge is 0.490 e. The van der Waals surface area contributed by atoms with Crippen molar-refractivity contribution in [3.8, 4) is 16.3 Å². The molecule has 40 heavy (non-hydrogen) atoms. The third-order valence-electron chi connectivity index (χ3n) is 7.65. The Morgan fingerprint density at radius 3 is 2.48 bits per heavy atom. The van der Waals surface area contributed by atoms with Crippen LogP contribution in [0.4, 0.5) is 5.82 Å². The topological polar surface area (TPSA) is 61.8 Å². The lowest BCUT2D eigenvalue weighted by Gasteiger charge is -2.35. The van der Waals surface area contributed by atoms with Crippen LogP contribution >= 0.6 is 11.3 Å². The van der Waals surface area contributed by atoms with E-state index >= 15 is 0 Å². The summed E-state index contributed by atoms with van der Waals surface area (Å²) in [6, 6.07) is 24.7. The van der Waals surface area contributed by atoms with Gasteiger partial charge in [-0.15, -0.1) is 11.3 Å². The maximum Gasteiger partial charge on any atom is 0.228 e. The molecule has 8 heteroatoms. The van der Waals surface area contributed by atoms with Gasteiger partial charge in [-0.3, -0.25) is 9.69 Å². The summed E-state index contributed by atoms with van der Waals surface area (Å²) in [7, 11) is 0. The Morgan fingerprint density at radius 2 is 1.70 bits per heavy atom. The summed E-state index contributed by atoms with van der Waals surface area (Å²) in [5.41, 5.74) is 3.22. The van der Waals surface area contributed by atoms with E-state index in [9.17, 15) is 4.79 Å². The third-order valence-corrected chi connectivity index (χ3v) is 8.59. The number of nitrogens with zero attached hydrogens (tertiary/aromatic N) is 5. The number of hydrogen-bond donors (Lipinski definition) is 0. The van der Waals surface area contributed by atoms with Gasteiger partial charge in [-0.25, -0.2) is 9.97 Å². The van der Waals surface area contributed by atoms with Crippen molar-refractivity contribution >= 4 is 23.1 Å². The maximum absolute atomic E-state index is 13.0. The van der Waals surface area contributed by atoms with Crippen molar-refractivity contribution in [2.75, 3.05) is 44.2 Å². The zero-order chi connectivity index (χ0) is 27.1. The highest BCUT2D eigenvalue weighted by Gasteiger charge is 2.25. The van der Waals surface area contributed by atoms with Gasteiger partial charge in [0.2, 0.25) is 5.91 Å². The van der Waals surface area contributed by atoms with Gasteiger partial charge in [0.05, 0.1) is 12.1 Å². The molecule has 206 valence electrons. The van der Waals surface area contributed by atoms with Gasteiger partial charge in [-0.1, -0.05) is 48.5 Å². The Bertz CT molecular complexity index is 1380. The average Bonchev–Trinajstić information content (AvgIpc) is 3.47. The summed E-state index contributed by atoms with van der Waals surface area (Å²) < 4.78 is 6.38. The molecule has 2 saturated heterocycles. The van der Waals surface area contributed by atoms with E-state index < -0.39 is 0 Å². The molecule has 0 N–H and O–H groups in total. The van der Waals surface area contributed by atoms with Crippen LogP contribution in [0.2, 0.25) is 0 Å². The summed E-state index contributed by atoms with van der Waals surface area (Å²) >= 11 is 1.59. The normalized spacial score (nSPS) is 16.7. The van der Waals surface area contributed by atoms with E-state index in [0.717, 1.165) is 86.5 Å². The number of carbonyl (C=O) groups excluding carboxylic acids is 1. The van der Waals surface area contributed by atoms with Crippen molar-refractivity contribution in [2.24, 2.45) is 0 Å². The quantitative estimate of drug-likeness (QED) is 0.301. The number of carbonyl (C=O) groups is 1. The number of ether oxygens (including phenoxy) is 1. The highest BCUT2D eigenvalue weighted by atomic mass is 32.1. The number of hydrogen-bond acceptors (Lipinski definition) is 7. The van der Waals surface area contributed by atoms with Crippen LogP contribution in [0, 0.1) is 0 Å². The van der Waals surface area contributed by atoms with Crippen molar-refractivity contribution < 1.29 is 9.53 Å². The molecule has 4 heterocycles. The predicted molar refractivity (Wildman–Crippen MR) is 160 cm³/mol. The van der Waals surface area contributed by atoms with E-state index in [1.807, 2.05) is 52.9 Å². The molecule has 1 amide bonds. The second-order valence-electron chi connectivity index (χ2n) is 10.5. The monoisotopic (exact) mass is 553 g/mol. The van der Waals surface area contributed by atoms with Gasteiger partial charge in [-0.05, 0) is 29.8 Å². The average molecular weight is 554 g/mol. The molecule has 0 aliphatic carbocycles. The fourth-order valence-corrected chi connectivity index (χ4v) is 6.26. The van der Waals surface area contributed by atoms with E-state index in [4.69, 9.17) is 9.72 Å². The first-order valence-electron chi connectivity index (χ1n) is 14.1. The zero-order valence-corrected chi connectivity index (χ0v) is 23.5. The fourth-order valence-electron chi connectivity index (χ4n) is 5.43. The first-order valence-corrected chi connectivity index (χ1v) is 15.0. The van der Waals surface area contributed by atoms with Gasteiger partial charge in [0.25, 0.3) is 0 Å². The van der Waals surface area contributed by atoms with E-state index in [0.29, 0.717) is 6.42 Å². The molecule has 2 fully saturated rings. The lowest BCUT2D eigenvalue weighted by Crippen LogP contribution is -2.46. The molecule has 0 radical (unpaired) electrons. The summed E-state index contributed by atoms with van der Waals surface area (Å²) in [4.78, 5) is 28.9. The van der Waals surface area contributed by atoms with E-state index in [2.05, 4.69) is 51.2 Å². The number of piperidine rings is 1. The molecular formula is C32H35N5O2S. The number of amides is 1. The van der Waals surface area contributed by atoms with Gasteiger partial charge in [-0.2, -0.15) is 0 Å². The van der Waals surface area contributed by atoms with Crippen LogP contribution in [0.1, 0.15) is 24.1 Å². The number of aromatic nitrogens is 2. The van der Waals surface area contributed by atoms with Gasteiger partial charge in [0.15, 0.2) is 0 Å². The molecule has 2 aromatic carbocycles. The van der Waals surface area contributed by atoms with Crippen molar-refractivity contribution in [3.05, 3.63) is 95.6 Å². The molecule has 0 atom stereocenters. The van der Waals surface area contributed by atoms with Crippen LogP contribution < -0.4 is 9.64 Å². The Morgan fingerprint density at radius 1 is 0.900 bits per heavy atom. The molecule has 0 saturated carbocycles. The molecule has 2 aliphatic heterocycles. The van der Waals surface area contributed by atoms with Crippen LogP contribution in [-0.2, 0) is 17.8 Å². The first-order chi connectivity index (χ1) is 19.7. The smallest absolute Gasteiger partial charge is 0.228 e. The molecule has 7 nitrogen and oxygen atoms in total. The summed E-state index contributed by atoms with van der Waals surface area (Å²) in [6.07, 6.45) is 4.03. The SMILES string of the molecule is O=C(Cc1csc(-c2ccccc2)n1)N1CCC(Oc2cccc(CN3CCN(c4ccccn4)CC3)c2)CC1. The van der Waals surface area contributed by atoms with Gasteiger partial charge < -0.3 is 14.5 Å². The van der Waals surface area contributed by atoms with Crippen LogP contribution in [0.15, 0.2) is 84.4 Å². The van der Waals surface area contributed by atoms with Crippen molar-refractivity contribution in [1.82, 2.24) is 19.8 Å². The van der Waals surface area contributed by atoms with Crippen molar-refractivity contribution in [3.63, 3.8) is 0 Å². The second kappa shape index (κ2) is 12.6. The van der Waals surface area contributed by atoms with E-state index in [-0.39, 0.29) is 12.0 Å². The molecule has 0 bridgehead atoms. The molecule has 6 rings (SSSR count). The van der Waals surface area contributed by atoms with Gasteiger partial charge in [0.1, 0.15) is 22.7 Å². The summed E-state index contributed by atoms with van der Waals surface area (Å²) in [5, 5.41) is 2.97. The predicted octanol–water partition coefficient (Wildman–Crippen LogP) is 5.14. The Labute approximate surface area is 240 Å². The minimum absolute atomic E-state index is 0.130. The molecule has 2 aromatic heterocycles. The fraction of sp³-hybridized carbons (Fsp3) is 0.344. The van der Waals surface area contributed by atoms with Crippen LogP contribution in [0.3, 0.4) is 0 Å². The van der Waals surface area contributed by atoms with Gasteiger partial charge in [0, 0.05) is 75.8 Å². The van der Waals surface area contributed by atoms with Crippen LogP contribution in [0.5, 0.6) is 5.75 Å². The molecule has 0 unspecified atom stereocenters. The standard InChI is InChI=1S/C32H35N5O2S/c38-31(22-27-24-40-32(34-27)26-8-2-1-3-9-26)37-15-12-28(13-16-37)39-29-10-6-7-25(21-29)23-35-17-19-36(20-18-35)30-11-4-5-14-33-30/h1-11,14,21,24,28H,12-13,15-20,22-23H2. The number of rotatable bonds is 8. The van der Waals surface area contributed by atoms with Crippen LogP contribution in [-0.4, -0.2) is 71.0 Å². The van der Waals surface area contributed by atoms with E-state index in [1.165, 1.54) is 5.56 Å². The second-order valence-corrected chi connectivity index (χ2v) is 11.3. The Hall–Kier alpha value is -3.75. The number of anilines is 1. The molecular weight excluding hydrogens is 518 g/mol. The summed E-state index contributed by atoms with van der Waals surface area (Å²) in [5.74, 6) is 2.13. The Kier molecular flexibility index (Phi) is 8.35. The van der Waals surface area contributed by atoms with Crippen molar-refractivity contribution in [1.29, 1.82) is 0 Å². The number of pyridine rings is 1. The molecule has 2 aliphatic rings. The van der Waals surface area contributed by atoms with E-state index in [1.54, 1.807) is 11.3 Å².